The molecule has 2 saturated carbocycles. The highest BCUT2D eigenvalue weighted by molar-refractivity contribution is 7.16. The summed E-state index contributed by atoms with van der Waals surface area (Å²) in [5.74, 6) is 0.205. The molecule has 122 valence electrons. The van der Waals surface area contributed by atoms with E-state index in [1.54, 1.807) is 10.9 Å². The third-order valence-corrected chi connectivity index (χ3v) is 5.78. The van der Waals surface area contributed by atoms with Gasteiger partial charge < -0.3 is 4.90 Å². The predicted octanol–water partition coefficient (Wildman–Crippen LogP) is 2.78. The van der Waals surface area contributed by atoms with Crippen LogP contribution in [0.5, 0.6) is 0 Å². The first kappa shape index (κ1) is 14.9. The minimum Gasteiger partial charge on any atom is -0.337 e. The second-order valence-corrected chi connectivity index (χ2v) is 7.50. The van der Waals surface area contributed by atoms with E-state index in [4.69, 9.17) is 0 Å². The van der Waals surface area contributed by atoms with Crippen molar-refractivity contribution in [2.75, 3.05) is 0 Å². The quantitative estimate of drug-likeness (QED) is 0.846. The molecule has 0 radical (unpaired) electrons. The van der Waals surface area contributed by atoms with E-state index in [-0.39, 0.29) is 11.5 Å². The first-order chi connectivity index (χ1) is 11.2. The van der Waals surface area contributed by atoms with Crippen LogP contribution in [-0.2, 0) is 11.3 Å². The average Bonchev–Trinajstić information content (AvgIpc) is 3.03. The van der Waals surface area contributed by atoms with Crippen LogP contribution in [0.2, 0.25) is 0 Å². The molecule has 0 spiro atoms. The molecule has 23 heavy (non-hydrogen) atoms. The maximum atomic E-state index is 12.7. The summed E-state index contributed by atoms with van der Waals surface area (Å²) in [6.07, 6.45) is 9.01. The van der Waals surface area contributed by atoms with Gasteiger partial charge in [-0.1, -0.05) is 12.8 Å². The van der Waals surface area contributed by atoms with Crippen LogP contribution in [0.1, 0.15) is 44.9 Å². The van der Waals surface area contributed by atoms with Crippen LogP contribution < -0.4 is 5.56 Å². The number of thiophene rings is 1. The number of amides is 1. The Morgan fingerprint density at radius 1 is 1.26 bits per heavy atom. The van der Waals surface area contributed by atoms with Gasteiger partial charge in [0, 0.05) is 25.0 Å². The Balaban J connectivity index is 1.47. The monoisotopic (exact) mass is 331 g/mol. The smallest absolute Gasteiger partial charge is 0.262 e. The third-order valence-electron chi connectivity index (χ3n) is 4.96. The van der Waals surface area contributed by atoms with Crippen molar-refractivity contribution < 1.29 is 4.79 Å². The Bertz CT molecular complexity index is 771. The number of hydrogen-bond donors (Lipinski definition) is 0. The van der Waals surface area contributed by atoms with Gasteiger partial charge in [0.05, 0.1) is 11.7 Å². The van der Waals surface area contributed by atoms with E-state index in [1.807, 2.05) is 11.4 Å². The lowest BCUT2D eigenvalue weighted by Crippen LogP contribution is -2.41. The second kappa shape index (κ2) is 6.07. The van der Waals surface area contributed by atoms with E-state index >= 15 is 0 Å². The molecule has 2 fully saturated rings. The van der Waals surface area contributed by atoms with E-state index < -0.39 is 0 Å². The molecular formula is C17H21N3O2S. The van der Waals surface area contributed by atoms with Crippen LogP contribution >= 0.6 is 11.3 Å². The number of carbonyl (C=O) groups is 1. The van der Waals surface area contributed by atoms with Gasteiger partial charge in [-0.3, -0.25) is 14.2 Å². The third kappa shape index (κ3) is 2.92. The Morgan fingerprint density at radius 3 is 2.74 bits per heavy atom. The highest BCUT2D eigenvalue weighted by Gasteiger charge is 2.37. The number of aryl methyl sites for hydroxylation is 1. The molecular weight excluding hydrogens is 310 g/mol. The van der Waals surface area contributed by atoms with Gasteiger partial charge in [-0.15, -0.1) is 11.3 Å². The predicted molar refractivity (Wildman–Crippen MR) is 90.6 cm³/mol. The van der Waals surface area contributed by atoms with Gasteiger partial charge in [-0.2, -0.15) is 0 Å². The van der Waals surface area contributed by atoms with Gasteiger partial charge in [-0.25, -0.2) is 4.98 Å². The summed E-state index contributed by atoms with van der Waals surface area (Å²) in [5, 5.41) is 2.53. The largest absolute Gasteiger partial charge is 0.337 e. The van der Waals surface area contributed by atoms with E-state index in [9.17, 15) is 9.59 Å². The molecule has 0 atom stereocenters. The first-order valence-corrected chi connectivity index (χ1v) is 9.36. The number of aromatic nitrogens is 2. The molecule has 2 aliphatic rings. The topological polar surface area (TPSA) is 55.2 Å². The SMILES string of the molecule is O=C(CCn1cnc2sccc2c1=O)N(C1CCCC1)C1CC1. The van der Waals surface area contributed by atoms with Crippen LogP contribution in [0, 0.1) is 0 Å². The van der Waals surface area contributed by atoms with Crippen LogP contribution in [0.15, 0.2) is 22.6 Å². The fourth-order valence-corrected chi connectivity index (χ4v) is 4.36. The van der Waals surface area contributed by atoms with Crippen molar-refractivity contribution in [1.82, 2.24) is 14.5 Å². The van der Waals surface area contributed by atoms with Gasteiger partial charge in [-0.05, 0) is 37.1 Å². The van der Waals surface area contributed by atoms with Gasteiger partial charge >= 0.3 is 0 Å². The van der Waals surface area contributed by atoms with E-state index in [0.717, 1.165) is 30.5 Å². The molecule has 2 aliphatic carbocycles. The number of hydrogen-bond acceptors (Lipinski definition) is 4. The summed E-state index contributed by atoms with van der Waals surface area (Å²) in [7, 11) is 0. The summed E-state index contributed by atoms with van der Waals surface area (Å²) in [5.41, 5.74) is -0.0390. The normalized spacial score (nSPS) is 18.6. The van der Waals surface area contributed by atoms with Crippen molar-refractivity contribution in [2.24, 2.45) is 0 Å². The number of rotatable bonds is 5. The van der Waals surface area contributed by atoms with Crippen molar-refractivity contribution >= 4 is 27.5 Å². The van der Waals surface area contributed by atoms with Gasteiger partial charge in [0.25, 0.3) is 5.56 Å². The molecule has 2 aromatic rings. The summed E-state index contributed by atoms with van der Waals surface area (Å²) in [6, 6.07) is 2.70. The first-order valence-electron chi connectivity index (χ1n) is 8.48. The van der Waals surface area contributed by atoms with Crippen LogP contribution in [-0.4, -0.2) is 32.4 Å². The van der Waals surface area contributed by atoms with Crippen LogP contribution in [0.4, 0.5) is 0 Å². The number of nitrogens with zero attached hydrogens (tertiary/aromatic N) is 3. The molecule has 4 rings (SSSR count). The van der Waals surface area contributed by atoms with Gasteiger partial charge in [0.2, 0.25) is 5.91 Å². The minimum atomic E-state index is -0.0390. The van der Waals surface area contributed by atoms with Crippen molar-refractivity contribution in [3.05, 3.63) is 28.1 Å². The van der Waals surface area contributed by atoms with Crippen molar-refractivity contribution in [3.8, 4) is 0 Å². The van der Waals surface area contributed by atoms with Crippen molar-refractivity contribution in [2.45, 2.75) is 63.6 Å². The summed E-state index contributed by atoms with van der Waals surface area (Å²) in [6.45, 7) is 0.423. The summed E-state index contributed by atoms with van der Waals surface area (Å²) < 4.78 is 1.58. The maximum Gasteiger partial charge on any atom is 0.262 e. The molecule has 0 aliphatic heterocycles. The summed E-state index contributed by atoms with van der Waals surface area (Å²) >= 11 is 1.47. The lowest BCUT2D eigenvalue weighted by Gasteiger charge is -2.29. The second-order valence-electron chi connectivity index (χ2n) is 6.60. The standard InChI is InChI=1S/C17H21N3O2S/c21-15(20(13-5-6-13)12-3-1-2-4-12)7-9-19-11-18-16-14(17(19)22)8-10-23-16/h8,10-13H,1-7,9H2. The van der Waals surface area contributed by atoms with Crippen molar-refractivity contribution in [1.29, 1.82) is 0 Å². The molecule has 0 saturated heterocycles. The molecule has 0 unspecified atom stereocenters. The summed E-state index contributed by atoms with van der Waals surface area (Å²) in [4.78, 5) is 32.3. The zero-order valence-corrected chi connectivity index (χ0v) is 13.9. The van der Waals surface area contributed by atoms with Crippen molar-refractivity contribution in [3.63, 3.8) is 0 Å². The van der Waals surface area contributed by atoms with Gasteiger partial charge in [0.1, 0.15) is 4.83 Å². The number of carbonyl (C=O) groups excluding carboxylic acids is 1. The molecule has 5 nitrogen and oxygen atoms in total. The lowest BCUT2D eigenvalue weighted by molar-refractivity contribution is -0.134. The van der Waals surface area contributed by atoms with E-state index in [1.165, 1.54) is 24.2 Å². The van der Waals surface area contributed by atoms with Crippen LogP contribution in [0.25, 0.3) is 10.2 Å². The highest BCUT2D eigenvalue weighted by Crippen LogP contribution is 2.34. The fraction of sp³-hybridized carbons (Fsp3) is 0.588. The Labute approximate surface area is 138 Å². The molecule has 2 heterocycles. The molecule has 1 amide bonds. The molecule has 6 heteroatoms. The molecule has 2 aromatic heterocycles. The van der Waals surface area contributed by atoms with E-state index in [0.29, 0.717) is 30.4 Å². The Morgan fingerprint density at radius 2 is 2.00 bits per heavy atom. The molecule has 0 aromatic carbocycles. The minimum absolute atomic E-state index is 0.0390. The Kier molecular flexibility index (Phi) is 3.93. The highest BCUT2D eigenvalue weighted by atomic mass is 32.1. The van der Waals surface area contributed by atoms with E-state index in [2.05, 4.69) is 9.88 Å². The number of fused-ring (bicyclic) bond motifs is 1. The lowest BCUT2D eigenvalue weighted by atomic mass is 10.2. The fourth-order valence-electron chi connectivity index (χ4n) is 3.64. The average molecular weight is 331 g/mol. The van der Waals surface area contributed by atoms with Crippen LogP contribution in [0.3, 0.4) is 0 Å². The molecule has 0 bridgehead atoms. The maximum absolute atomic E-state index is 12.7. The zero-order chi connectivity index (χ0) is 15.8. The van der Waals surface area contributed by atoms with Gasteiger partial charge in [0.15, 0.2) is 0 Å². The molecule has 0 N–H and O–H groups in total. The Hall–Kier alpha value is -1.69. The zero-order valence-electron chi connectivity index (χ0n) is 13.1.